The summed E-state index contributed by atoms with van der Waals surface area (Å²) in [6.45, 7) is 1.84. The molecule has 122 valence electrons. The normalized spacial score (nSPS) is 13.0. The first kappa shape index (κ1) is 15.7. The molecule has 1 aromatic heterocycles. The van der Waals surface area contributed by atoms with Gasteiger partial charge in [0.2, 0.25) is 0 Å². The lowest BCUT2D eigenvalue weighted by Gasteiger charge is -2.18. The highest BCUT2D eigenvalue weighted by Gasteiger charge is 2.19. The molecule has 0 aliphatic heterocycles. The van der Waals surface area contributed by atoms with Crippen molar-refractivity contribution in [3.63, 3.8) is 0 Å². The molecule has 1 heterocycles. The van der Waals surface area contributed by atoms with Crippen LogP contribution in [-0.4, -0.2) is 26.7 Å². The fraction of sp³-hybridized carbons (Fsp3) is 0.176. The first-order valence-corrected chi connectivity index (χ1v) is 7.58. The molecule has 7 heteroatoms. The van der Waals surface area contributed by atoms with Crippen LogP contribution in [-0.2, 0) is 0 Å². The average Bonchev–Trinajstić information content (AvgIpc) is 3.02. The van der Waals surface area contributed by atoms with Gasteiger partial charge in [-0.3, -0.25) is 0 Å². The highest BCUT2D eigenvalue weighted by molar-refractivity contribution is 5.84. The number of primary amides is 1. The van der Waals surface area contributed by atoms with Crippen LogP contribution in [0, 0.1) is 0 Å². The van der Waals surface area contributed by atoms with Crippen molar-refractivity contribution < 1.29 is 4.79 Å². The molecule has 3 N–H and O–H groups in total. The minimum Gasteiger partial charge on any atom is -0.350 e. The summed E-state index contributed by atoms with van der Waals surface area (Å²) < 4.78 is 1.88. The van der Waals surface area contributed by atoms with Crippen LogP contribution in [0.5, 0.6) is 0 Å². The van der Waals surface area contributed by atoms with Gasteiger partial charge in [0, 0.05) is 12.1 Å². The van der Waals surface area contributed by atoms with Crippen molar-refractivity contribution in [1.29, 1.82) is 0 Å². The summed E-state index contributed by atoms with van der Waals surface area (Å²) in [7, 11) is 0. The van der Waals surface area contributed by atoms with Gasteiger partial charge in [-0.15, -0.1) is 5.10 Å². The number of hydrogen-bond donors (Lipinski definition) is 2. The highest BCUT2D eigenvalue weighted by atomic mass is 16.2. The van der Waals surface area contributed by atoms with Crippen molar-refractivity contribution in [2.75, 3.05) is 0 Å². The number of benzene rings is 2. The maximum Gasteiger partial charge on any atom is 0.332 e. The number of urea groups is 1. The molecule has 0 aliphatic carbocycles. The van der Waals surface area contributed by atoms with Gasteiger partial charge in [0.1, 0.15) is 5.52 Å². The van der Waals surface area contributed by atoms with Crippen molar-refractivity contribution in [3.05, 3.63) is 60.2 Å². The minimum absolute atomic E-state index is 0.0861. The third kappa shape index (κ3) is 3.40. The summed E-state index contributed by atoms with van der Waals surface area (Å²) in [5.74, 6) is 0. The molecule has 1 atom stereocenters. The first-order chi connectivity index (χ1) is 11.6. The highest BCUT2D eigenvalue weighted by Crippen LogP contribution is 2.25. The van der Waals surface area contributed by atoms with Crippen molar-refractivity contribution in [1.82, 2.24) is 20.4 Å². The second kappa shape index (κ2) is 6.91. The summed E-state index contributed by atoms with van der Waals surface area (Å²) in [5.41, 5.74) is 10.9. The Morgan fingerprint density at radius 1 is 1.21 bits per heavy atom. The second-order valence-corrected chi connectivity index (χ2v) is 5.48. The Hall–Kier alpha value is -3.22. The Balaban J connectivity index is 2.00. The number of nitrogens with one attached hydrogen (secondary N) is 1. The van der Waals surface area contributed by atoms with Gasteiger partial charge >= 0.3 is 6.03 Å². The average molecular weight is 322 g/mol. The Kier molecular flexibility index (Phi) is 4.51. The van der Waals surface area contributed by atoms with Gasteiger partial charge in [-0.2, -0.15) is 5.10 Å². The predicted octanol–water partition coefficient (Wildman–Crippen LogP) is 2.46. The van der Waals surface area contributed by atoms with Crippen LogP contribution in [0.3, 0.4) is 0 Å². The van der Waals surface area contributed by atoms with Gasteiger partial charge in [-0.1, -0.05) is 47.7 Å². The number of hydrazone groups is 1. The van der Waals surface area contributed by atoms with E-state index in [2.05, 4.69) is 20.8 Å². The van der Waals surface area contributed by atoms with Gasteiger partial charge in [0.15, 0.2) is 0 Å². The molecule has 0 radical (unpaired) electrons. The standard InChI is InChI=1S/C17H18N6O/c1-12(19-21-17(18)24)11-16(13-7-3-2-4-8-13)23-15-10-6-5-9-14(15)20-22-23/h2-10,16H,11H2,1H3,(H3,18,21,24). The van der Waals surface area contributed by atoms with Crippen LogP contribution >= 0.6 is 0 Å². The topological polar surface area (TPSA) is 98.2 Å². The van der Waals surface area contributed by atoms with E-state index < -0.39 is 6.03 Å². The summed E-state index contributed by atoms with van der Waals surface area (Å²) in [6.07, 6.45) is 0.567. The summed E-state index contributed by atoms with van der Waals surface area (Å²) in [4.78, 5) is 10.8. The monoisotopic (exact) mass is 322 g/mol. The molecule has 0 saturated heterocycles. The lowest BCUT2D eigenvalue weighted by Crippen LogP contribution is -2.26. The van der Waals surface area contributed by atoms with Gasteiger partial charge in [-0.05, 0) is 24.6 Å². The molecular formula is C17H18N6O. The van der Waals surface area contributed by atoms with E-state index in [4.69, 9.17) is 5.73 Å². The molecule has 7 nitrogen and oxygen atoms in total. The summed E-state index contributed by atoms with van der Waals surface area (Å²) >= 11 is 0. The third-order valence-electron chi connectivity index (χ3n) is 3.70. The number of carbonyl (C=O) groups is 1. The smallest absolute Gasteiger partial charge is 0.332 e. The SMILES string of the molecule is CC(CC(c1ccccc1)n1nnc2ccccc21)=NNC(N)=O. The van der Waals surface area contributed by atoms with Crippen LogP contribution in [0.15, 0.2) is 59.7 Å². The van der Waals surface area contributed by atoms with E-state index in [1.165, 1.54) is 0 Å². The van der Waals surface area contributed by atoms with Crippen molar-refractivity contribution in [2.24, 2.45) is 10.8 Å². The maximum atomic E-state index is 10.8. The zero-order valence-electron chi connectivity index (χ0n) is 13.3. The van der Waals surface area contributed by atoms with Crippen LogP contribution in [0.2, 0.25) is 0 Å². The Morgan fingerprint density at radius 2 is 1.92 bits per heavy atom. The molecule has 1 unspecified atom stereocenters. The first-order valence-electron chi connectivity index (χ1n) is 7.58. The van der Waals surface area contributed by atoms with E-state index >= 15 is 0 Å². The minimum atomic E-state index is -0.684. The molecule has 0 bridgehead atoms. The zero-order chi connectivity index (χ0) is 16.9. The van der Waals surface area contributed by atoms with E-state index in [0.29, 0.717) is 6.42 Å². The number of carbonyl (C=O) groups excluding carboxylic acids is 1. The molecule has 0 spiro atoms. The number of fused-ring (bicyclic) bond motifs is 1. The third-order valence-corrected chi connectivity index (χ3v) is 3.70. The molecule has 2 aromatic carbocycles. The van der Waals surface area contributed by atoms with Crippen LogP contribution in [0.4, 0.5) is 4.79 Å². The van der Waals surface area contributed by atoms with Gasteiger partial charge in [0.05, 0.1) is 11.6 Å². The zero-order valence-corrected chi connectivity index (χ0v) is 13.3. The number of nitrogens with zero attached hydrogens (tertiary/aromatic N) is 4. The van der Waals surface area contributed by atoms with E-state index in [0.717, 1.165) is 22.3 Å². The quantitative estimate of drug-likeness (QED) is 0.557. The second-order valence-electron chi connectivity index (χ2n) is 5.48. The van der Waals surface area contributed by atoms with E-state index in [9.17, 15) is 4.79 Å². The lowest BCUT2D eigenvalue weighted by molar-refractivity contribution is 0.249. The molecule has 24 heavy (non-hydrogen) atoms. The number of rotatable bonds is 5. The Bertz CT molecular complexity index is 871. The molecule has 3 rings (SSSR count). The molecule has 2 amide bonds. The van der Waals surface area contributed by atoms with Crippen molar-refractivity contribution in [3.8, 4) is 0 Å². The van der Waals surface area contributed by atoms with E-state index in [1.54, 1.807) is 0 Å². The number of para-hydroxylation sites is 1. The molecule has 0 saturated carbocycles. The molecular weight excluding hydrogens is 304 g/mol. The maximum absolute atomic E-state index is 10.8. The van der Waals surface area contributed by atoms with Gasteiger partial charge in [0.25, 0.3) is 0 Å². The Morgan fingerprint density at radius 3 is 2.67 bits per heavy atom. The van der Waals surface area contributed by atoms with Crippen LogP contribution in [0.1, 0.15) is 24.9 Å². The van der Waals surface area contributed by atoms with Crippen molar-refractivity contribution >= 4 is 22.8 Å². The van der Waals surface area contributed by atoms with E-state index in [-0.39, 0.29) is 6.04 Å². The number of aromatic nitrogens is 3. The fourth-order valence-corrected chi connectivity index (χ4v) is 2.61. The largest absolute Gasteiger partial charge is 0.350 e. The van der Waals surface area contributed by atoms with Gasteiger partial charge in [-0.25, -0.2) is 14.9 Å². The summed E-state index contributed by atoms with van der Waals surface area (Å²) in [6, 6.07) is 17.0. The Labute approximate surface area is 139 Å². The van der Waals surface area contributed by atoms with Gasteiger partial charge < -0.3 is 5.73 Å². The molecule has 0 fully saturated rings. The predicted molar refractivity (Wildman–Crippen MR) is 92.6 cm³/mol. The molecule has 3 aromatic rings. The number of amides is 2. The number of nitrogens with two attached hydrogens (primary N) is 1. The van der Waals surface area contributed by atoms with Crippen molar-refractivity contribution in [2.45, 2.75) is 19.4 Å². The fourth-order valence-electron chi connectivity index (χ4n) is 2.61. The van der Waals surface area contributed by atoms with Crippen LogP contribution in [0.25, 0.3) is 11.0 Å². The molecule has 0 aliphatic rings. The summed E-state index contributed by atoms with van der Waals surface area (Å²) in [5, 5.41) is 12.6. The van der Waals surface area contributed by atoms with Crippen LogP contribution < -0.4 is 11.2 Å². The number of hydrogen-bond acceptors (Lipinski definition) is 4. The lowest BCUT2D eigenvalue weighted by atomic mass is 10.0. The van der Waals surface area contributed by atoms with E-state index in [1.807, 2.05) is 66.2 Å².